The summed E-state index contributed by atoms with van der Waals surface area (Å²) in [5.74, 6) is 1.15. The molecule has 4 heteroatoms. The van der Waals surface area contributed by atoms with Gasteiger partial charge in [-0.1, -0.05) is 6.92 Å². The zero-order valence-corrected chi connectivity index (χ0v) is 9.58. The molecule has 2 rings (SSSR count). The first-order valence-corrected chi connectivity index (χ1v) is 5.90. The smallest absolute Gasteiger partial charge is 0.287 e. The summed E-state index contributed by atoms with van der Waals surface area (Å²) in [6.45, 7) is 3.74. The third kappa shape index (κ3) is 2.64. The van der Waals surface area contributed by atoms with E-state index < -0.39 is 0 Å². The van der Waals surface area contributed by atoms with Crippen molar-refractivity contribution in [3.63, 3.8) is 0 Å². The van der Waals surface area contributed by atoms with Crippen molar-refractivity contribution in [3.8, 4) is 0 Å². The van der Waals surface area contributed by atoms with Crippen molar-refractivity contribution in [3.05, 3.63) is 23.7 Å². The zero-order valence-electron chi connectivity index (χ0n) is 9.58. The topological polar surface area (TPSA) is 54.3 Å². The number of aryl methyl sites for hydroxylation is 1. The van der Waals surface area contributed by atoms with Crippen LogP contribution in [0, 0.1) is 0 Å². The predicted molar refractivity (Wildman–Crippen MR) is 61.4 cm³/mol. The van der Waals surface area contributed by atoms with Crippen LogP contribution in [0.3, 0.4) is 0 Å². The molecule has 1 unspecified atom stereocenters. The number of rotatable bonds is 4. The van der Waals surface area contributed by atoms with Gasteiger partial charge in [0.15, 0.2) is 5.76 Å². The molecule has 1 fully saturated rings. The summed E-state index contributed by atoms with van der Waals surface area (Å²) >= 11 is 0. The molecule has 4 nitrogen and oxygen atoms in total. The van der Waals surface area contributed by atoms with Crippen LogP contribution in [0.2, 0.25) is 0 Å². The molecule has 16 heavy (non-hydrogen) atoms. The summed E-state index contributed by atoms with van der Waals surface area (Å²) in [6, 6.07) is 4.00. The van der Waals surface area contributed by atoms with Crippen LogP contribution in [0.25, 0.3) is 0 Å². The number of nitrogens with one attached hydrogen (secondary N) is 2. The number of hydrogen-bond acceptors (Lipinski definition) is 3. The van der Waals surface area contributed by atoms with Gasteiger partial charge in [-0.3, -0.25) is 4.79 Å². The van der Waals surface area contributed by atoms with Gasteiger partial charge in [0.25, 0.3) is 5.91 Å². The third-order valence-electron chi connectivity index (χ3n) is 2.91. The SMILES string of the molecule is CCc1ccc(C(=O)NCC2CCCN2)o1. The van der Waals surface area contributed by atoms with E-state index in [4.69, 9.17) is 4.42 Å². The van der Waals surface area contributed by atoms with Gasteiger partial charge in [0.1, 0.15) is 5.76 Å². The highest BCUT2D eigenvalue weighted by molar-refractivity contribution is 5.91. The lowest BCUT2D eigenvalue weighted by atomic mass is 10.2. The fraction of sp³-hybridized carbons (Fsp3) is 0.583. The Morgan fingerprint density at radius 3 is 3.12 bits per heavy atom. The van der Waals surface area contributed by atoms with Crippen molar-refractivity contribution >= 4 is 5.91 Å². The molecule has 2 N–H and O–H groups in total. The number of carbonyl (C=O) groups excluding carboxylic acids is 1. The number of furan rings is 1. The maximum absolute atomic E-state index is 11.7. The Bertz CT molecular complexity index is 354. The molecule has 1 amide bonds. The number of carbonyl (C=O) groups is 1. The van der Waals surface area contributed by atoms with Crippen LogP contribution in [0.1, 0.15) is 36.1 Å². The van der Waals surface area contributed by atoms with E-state index in [-0.39, 0.29) is 5.91 Å². The van der Waals surface area contributed by atoms with Crippen LogP contribution >= 0.6 is 0 Å². The Balaban J connectivity index is 1.82. The molecular weight excluding hydrogens is 204 g/mol. The first-order chi connectivity index (χ1) is 7.79. The van der Waals surface area contributed by atoms with E-state index in [0.29, 0.717) is 18.3 Å². The van der Waals surface area contributed by atoms with E-state index in [0.717, 1.165) is 25.1 Å². The van der Waals surface area contributed by atoms with Crippen molar-refractivity contribution in [1.82, 2.24) is 10.6 Å². The molecule has 1 atom stereocenters. The number of hydrogen-bond donors (Lipinski definition) is 2. The molecule has 0 saturated carbocycles. The third-order valence-corrected chi connectivity index (χ3v) is 2.91. The molecule has 88 valence electrons. The lowest BCUT2D eigenvalue weighted by Gasteiger charge is -2.10. The molecule has 1 aliphatic heterocycles. The van der Waals surface area contributed by atoms with Crippen molar-refractivity contribution in [2.45, 2.75) is 32.2 Å². The second-order valence-electron chi connectivity index (χ2n) is 4.12. The Labute approximate surface area is 95.4 Å². The van der Waals surface area contributed by atoms with E-state index in [9.17, 15) is 4.79 Å². The summed E-state index contributed by atoms with van der Waals surface area (Å²) < 4.78 is 5.38. The van der Waals surface area contributed by atoms with Gasteiger partial charge in [-0.05, 0) is 31.5 Å². The second kappa shape index (κ2) is 5.16. The zero-order chi connectivity index (χ0) is 11.4. The summed E-state index contributed by atoms with van der Waals surface area (Å²) in [7, 11) is 0. The normalized spacial score (nSPS) is 19.9. The molecule has 1 aromatic heterocycles. The Morgan fingerprint density at radius 2 is 2.50 bits per heavy atom. The molecule has 0 bridgehead atoms. The Morgan fingerprint density at radius 1 is 1.62 bits per heavy atom. The van der Waals surface area contributed by atoms with Crippen LogP contribution < -0.4 is 10.6 Å². The summed E-state index contributed by atoms with van der Waals surface area (Å²) in [4.78, 5) is 11.7. The van der Waals surface area contributed by atoms with Crippen molar-refractivity contribution in [2.24, 2.45) is 0 Å². The van der Waals surface area contributed by atoms with E-state index in [1.807, 2.05) is 13.0 Å². The minimum absolute atomic E-state index is 0.117. The van der Waals surface area contributed by atoms with Gasteiger partial charge in [-0.15, -0.1) is 0 Å². The van der Waals surface area contributed by atoms with Gasteiger partial charge in [0.2, 0.25) is 0 Å². The van der Waals surface area contributed by atoms with Gasteiger partial charge < -0.3 is 15.1 Å². The monoisotopic (exact) mass is 222 g/mol. The summed E-state index contributed by atoms with van der Waals surface area (Å²) in [5.41, 5.74) is 0. The van der Waals surface area contributed by atoms with Gasteiger partial charge in [0, 0.05) is 19.0 Å². The summed E-state index contributed by atoms with van der Waals surface area (Å²) in [5, 5.41) is 6.22. The van der Waals surface area contributed by atoms with Crippen molar-refractivity contribution < 1.29 is 9.21 Å². The molecule has 0 aliphatic carbocycles. The first-order valence-electron chi connectivity index (χ1n) is 5.90. The highest BCUT2D eigenvalue weighted by atomic mass is 16.3. The highest BCUT2D eigenvalue weighted by Crippen LogP contribution is 2.08. The molecule has 0 radical (unpaired) electrons. The van der Waals surface area contributed by atoms with Crippen LogP contribution in [-0.2, 0) is 6.42 Å². The lowest BCUT2D eigenvalue weighted by molar-refractivity contribution is 0.0921. The average molecular weight is 222 g/mol. The minimum atomic E-state index is -0.117. The predicted octanol–water partition coefficient (Wildman–Crippen LogP) is 1.32. The van der Waals surface area contributed by atoms with Gasteiger partial charge in [-0.2, -0.15) is 0 Å². The largest absolute Gasteiger partial charge is 0.456 e. The van der Waals surface area contributed by atoms with Gasteiger partial charge in [0.05, 0.1) is 0 Å². The van der Waals surface area contributed by atoms with E-state index in [1.54, 1.807) is 6.07 Å². The average Bonchev–Trinajstić information content (AvgIpc) is 2.96. The maximum atomic E-state index is 11.7. The van der Waals surface area contributed by atoms with Crippen LogP contribution in [0.4, 0.5) is 0 Å². The molecule has 1 aromatic rings. The molecule has 2 heterocycles. The maximum Gasteiger partial charge on any atom is 0.287 e. The Hall–Kier alpha value is -1.29. The second-order valence-corrected chi connectivity index (χ2v) is 4.12. The van der Waals surface area contributed by atoms with Crippen molar-refractivity contribution in [1.29, 1.82) is 0 Å². The molecular formula is C12H18N2O2. The van der Waals surface area contributed by atoms with Gasteiger partial charge >= 0.3 is 0 Å². The summed E-state index contributed by atoms with van der Waals surface area (Å²) in [6.07, 6.45) is 3.15. The molecule has 1 aliphatic rings. The van der Waals surface area contributed by atoms with Crippen LogP contribution in [0.5, 0.6) is 0 Å². The lowest BCUT2D eigenvalue weighted by Crippen LogP contribution is -2.37. The fourth-order valence-electron chi connectivity index (χ4n) is 1.92. The van der Waals surface area contributed by atoms with E-state index in [1.165, 1.54) is 6.42 Å². The van der Waals surface area contributed by atoms with Crippen LogP contribution in [-0.4, -0.2) is 25.0 Å². The quantitative estimate of drug-likeness (QED) is 0.808. The molecule has 1 saturated heterocycles. The van der Waals surface area contributed by atoms with E-state index >= 15 is 0 Å². The van der Waals surface area contributed by atoms with Crippen molar-refractivity contribution in [2.75, 3.05) is 13.1 Å². The highest BCUT2D eigenvalue weighted by Gasteiger charge is 2.16. The molecule has 0 aromatic carbocycles. The number of amides is 1. The van der Waals surface area contributed by atoms with Crippen LogP contribution in [0.15, 0.2) is 16.5 Å². The standard InChI is InChI=1S/C12H18N2O2/c1-2-10-5-6-11(16-10)12(15)14-8-9-4-3-7-13-9/h5-6,9,13H,2-4,7-8H2,1H3,(H,14,15). The molecule has 0 spiro atoms. The Kier molecular flexibility index (Phi) is 3.62. The fourth-order valence-corrected chi connectivity index (χ4v) is 1.92. The van der Waals surface area contributed by atoms with Gasteiger partial charge in [-0.25, -0.2) is 0 Å². The first kappa shape index (κ1) is 11.2. The van der Waals surface area contributed by atoms with E-state index in [2.05, 4.69) is 10.6 Å². The minimum Gasteiger partial charge on any atom is -0.456 e.